The van der Waals surface area contributed by atoms with E-state index in [1.165, 1.54) is 25.1 Å². The second kappa shape index (κ2) is 6.94. The van der Waals surface area contributed by atoms with Gasteiger partial charge in [0.25, 0.3) is 5.91 Å². The Bertz CT molecular complexity index is 1110. The first-order chi connectivity index (χ1) is 15.1. The van der Waals surface area contributed by atoms with Crippen LogP contribution in [-0.4, -0.2) is 28.5 Å². The molecule has 1 aliphatic rings. The number of fused-ring (bicyclic) bond motifs is 1. The van der Waals surface area contributed by atoms with Gasteiger partial charge in [0, 0.05) is 24.9 Å². The quantitative estimate of drug-likeness (QED) is 0.774. The fourth-order valence-electron chi connectivity index (χ4n) is 2.76. The highest BCUT2D eigenvalue weighted by atomic mass is 35.5. The molecule has 0 unspecified atom stereocenters. The summed E-state index contributed by atoms with van der Waals surface area (Å²) in [6, 6.07) is 5.24. The van der Waals surface area contributed by atoms with Crippen LogP contribution in [0.15, 0.2) is 36.4 Å². The number of hydrogen-bond donors (Lipinski definition) is 2. The molecular formula is C20H19ClFNO4. The van der Waals surface area contributed by atoms with Crippen molar-refractivity contribution in [3.63, 3.8) is 0 Å². The zero-order valence-electron chi connectivity index (χ0n) is 20.0. The molecule has 7 heteroatoms. The Morgan fingerprint density at radius 3 is 2.59 bits per heavy atom. The molecule has 2 aromatic rings. The van der Waals surface area contributed by atoms with E-state index in [0.29, 0.717) is 0 Å². The third-order valence-corrected chi connectivity index (χ3v) is 4.51. The van der Waals surface area contributed by atoms with Crippen LogP contribution in [-0.2, 0) is 0 Å². The van der Waals surface area contributed by atoms with Crippen LogP contribution < -0.4 is 10.1 Å². The number of carbonyl (C=O) groups is 2. The van der Waals surface area contributed by atoms with Gasteiger partial charge in [-0.3, -0.25) is 9.59 Å². The van der Waals surface area contributed by atoms with Crippen molar-refractivity contribution < 1.29 is 32.0 Å². The fraction of sp³-hybridized carbons (Fsp3) is 0.300. The summed E-state index contributed by atoms with van der Waals surface area (Å²) in [6.45, 7) is -5.43. The molecule has 2 atom stereocenters. The zero-order chi connectivity index (χ0) is 24.9. The molecule has 1 heterocycles. The Kier molecular flexibility index (Phi) is 3.31. The van der Waals surface area contributed by atoms with Gasteiger partial charge in [-0.2, -0.15) is 0 Å². The first kappa shape index (κ1) is 12.9. The smallest absolute Gasteiger partial charge is 0.251 e. The van der Waals surface area contributed by atoms with Crippen molar-refractivity contribution in [1.29, 1.82) is 0 Å². The molecule has 1 amide bonds. The minimum absolute atomic E-state index is 0.000818. The number of ether oxygens (including phenoxy) is 1. The van der Waals surface area contributed by atoms with Crippen LogP contribution in [0.2, 0.25) is 5.02 Å². The van der Waals surface area contributed by atoms with E-state index < -0.39 is 43.2 Å². The van der Waals surface area contributed by atoms with Gasteiger partial charge in [0.05, 0.1) is 11.1 Å². The van der Waals surface area contributed by atoms with Crippen LogP contribution in [0, 0.1) is 5.82 Å². The molecule has 0 radical (unpaired) electrons. The van der Waals surface area contributed by atoms with Crippen molar-refractivity contribution in [3.05, 3.63) is 63.9 Å². The number of benzene rings is 2. The van der Waals surface area contributed by atoms with Gasteiger partial charge >= 0.3 is 0 Å². The van der Waals surface area contributed by atoms with E-state index in [-0.39, 0.29) is 33.2 Å². The number of hydrogen-bond acceptors (Lipinski definition) is 4. The molecule has 0 aromatic heterocycles. The van der Waals surface area contributed by atoms with E-state index in [4.69, 9.17) is 24.6 Å². The molecule has 0 spiro atoms. The average Bonchev–Trinajstić information content (AvgIpc) is 2.69. The van der Waals surface area contributed by atoms with Gasteiger partial charge in [0.2, 0.25) is 0 Å². The number of amides is 1. The largest absolute Gasteiger partial charge is 0.485 e. The summed E-state index contributed by atoms with van der Waals surface area (Å²) in [4.78, 5) is 24.7. The molecule has 0 saturated carbocycles. The highest BCUT2D eigenvalue weighted by Gasteiger charge is 2.43. The van der Waals surface area contributed by atoms with Gasteiger partial charge < -0.3 is 15.2 Å². The number of ketones is 1. The standard InChI is InChI=1S/C20H19ClFNO4/c1-10(24)11-5-7-16-13(8-11)17(18(25)20(2,3)27-16)23-19(26)12-4-6-15(22)14(21)9-12/h4-9,17-18,25H,1-3H3,(H,23,26)/t17-,18-/m0/s1/i2D3,3D3. The molecule has 0 saturated heterocycles. The highest BCUT2D eigenvalue weighted by molar-refractivity contribution is 6.31. The summed E-state index contributed by atoms with van der Waals surface area (Å²) < 4.78 is 66.1. The summed E-state index contributed by atoms with van der Waals surface area (Å²) >= 11 is 5.72. The van der Waals surface area contributed by atoms with Crippen LogP contribution in [0.25, 0.3) is 0 Å². The molecule has 3 rings (SSSR count). The van der Waals surface area contributed by atoms with Crippen molar-refractivity contribution in [3.8, 4) is 5.75 Å². The predicted molar refractivity (Wildman–Crippen MR) is 98.8 cm³/mol. The number of rotatable bonds is 3. The molecule has 2 aromatic carbocycles. The molecule has 0 aliphatic carbocycles. The molecule has 27 heavy (non-hydrogen) atoms. The molecule has 0 fully saturated rings. The van der Waals surface area contributed by atoms with E-state index in [2.05, 4.69) is 5.32 Å². The normalized spacial score (nSPS) is 24.6. The summed E-state index contributed by atoms with van der Waals surface area (Å²) in [5.41, 5.74) is -3.06. The monoisotopic (exact) mass is 397 g/mol. The van der Waals surface area contributed by atoms with Crippen LogP contribution in [0.3, 0.4) is 0 Å². The van der Waals surface area contributed by atoms with E-state index in [1.54, 1.807) is 0 Å². The molecule has 1 aliphatic heterocycles. The van der Waals surface area contributed by atoms with Crippen molar-refractivity contribution in [2.75, 3.05) is 0 Å². The van der Waals surface area contributed by atoms with Crippen LogP contribution in [0.5, 0.6) is 5.75 Å². The van der Waals surface area contributed by atoms with Gasteiger partial charge in [0.15, 0.2) is 5.78 Å². The summed E-state index contributed by atoms with van der Waals surface area (Å²) in [5, 5.41) is 13.1. The maximum atomic E-state index is 13.5. The number of carbonyl (C=O) groups excluding carboxylic acids is 2. The Balaban J connectivity index is 2.18. The lowest BCUT2D eigenvalue weighted by Gasteiger charge is -2.42. The average molecular weight is 398 g/mol. The summed E-state index contributed by atoms with van der Waals surface area (Å²) in [7, 11) is 0. The van der Waals surface area contributed by atoms with E-state index in [9.17, 15) is 19.1 Å². The van der Waals surface area contributed by atoms with Crippen LogP contribution >= 0.6 is 11.6 Å². The SMILES string of the molecule is [2H]C([2H])([2H])C1(C([2H])([2H])[2H])Oc2ccc(C(C)=O)cc2[C@H](NC(=O)c2ccc(F)c(Cl)c2)[C@@H]1O. The maximum Gasteiger partial charge on any atom is 0.251 e. The van der Waals surface area contributed by atoms with Crippen LogP contribution in [0.1, 0.15) is 61.2 Å². The molecule has 5 nitrogen and oxygen atoms in total. The Labute approximate surface area is 169 Å². The Morgan fingerprint density at radius 1 is 1.26 bits per heavy atom. The van der Waals surface area contributed by atoms with Crippen molar-refractivity contribution in [2.24, 2.45) is 0 Å². The summed E-state index contributed by atoms with van der Waals surface area (Å²) in [5.74, 6) is -2.28. The number of nitrogens with one attached hydrogen (secondary N) is 1. The number of halogens is 2. The van der Waals surface area contributed by atoms with Gasteiger partial charge in [-0.1, -0.05) is 11.6 Å². The van der Waals surface area contributed by atoms with Gasteiger partial charge in [0.1, 0.15) is 23.3 Å². The number of Topliss-reactive ketones (excluding diaryl/α,β-unsaturated/α-hetero) is 1. The molecule has 142 valence electrons. The minimum Gasteiger partial charge on any atom is -0.485 e. The Hall–Kier alpha value is -2.44. The van der Waals surface area contributed by atoms with Gasteiger partial charge in [-0.15, -0.1) is 0 Å². The lowest BCUT2D eigenvalue weighted by molar-refractivity contribution is -0.0627. The topological polar surface area (TPSA) is 75.6 Å². The summed E-state index contributed by atoms with van der Waals surface area (Å²) in [6.07, 6.45) is -2.29. The van der Waals surface area contributed by atoms with Gasteiger partial charge in [-0.05, 0) is 57.0 Å². The van der Waals surface area contributed by atoms with Crippen molar-refractivity contribution in [2.45, 2.75) is 38.4 Å². The van der Waals surface area contributed by atoms with Crippen molar-refractivity contribution in [1.82, 2.24) is 5.32 Å². The molecular weight excluding hydrogens is 373 g/mol. The van der Waals surface area contributed by atoms with E-state index >= 15 is 0 Å². The second-order valence-electron chi connectivity index (χ2n) is 6.17. The zero-order valence-corrected chi connectivity index (χ0v) is 14.8. The minimum atomic E-state index is -3.35. The third-order valence-electron chi connectivity index (χ3n) is 4.22. The maximum absolute atomic E-state index is 13.5. The number of aliphatic hydroxyl groups excluding tert-OH is 1. The predicted octanol–water partition coefficient (Wildman–Crippen LogP) is 3.68. The highest BCUT2D eigenvalue weighted by Crippen LogP contribution is 2.40. The van der Waals surface area contributed by atoms with Crippen LogP contribution in [0.4, 0.5) is 4.39 Å². The molecule has 0 bridgehead atoms. The van der Waals surface area contributed by atoms with Gasteiger partial charge in [-0.25, -0.2) is 4.39 Å². The first-order valence-electron chi connectivity index (χ1n) is 10.9. The number of aliphatic hydroxyl groups is 1. The molecule has 2 N–H and O–H groups in total. The van der Waals surface area contributed by atoms with E-state index in [0.717, 1.165) is 18.2 Å². The lowest BCUT2D eigenvalue weighted by Crippen LogP contribution is -2.53. The third kappa shape index (κ3) is 3.68. The van der Waals surface area contributed by atoms with Crippen molar-refractivity contribution >= 4 is 23.3 Å². The lowest BCUT2D eigenvalue weighted by atomic mass is 9.85. The first-order valence-corrected chi connectivity index (χ1v) is 8.26. The van der Waals surface area contributed by atoms with E-state index in [1.807, 2.05) is 0 Å². The Morgan fingerprint density at radius 2 is 1.96 bits per heavy atom. The fourth-order valence-corrected chi connectivity index (χ4v) is 2.94. The second-order valence-corrected chi connectivity index (χ2v) is 6.58.